The molecule has 1 atom stereocenters. The molecule has 0 aliphatic carbocycles. The number of nitrogens with zero attached hydrogens (tertiary/aromatic N) is 1. The Balaban J connectivity index is 2.42. The van der Waals surface area contributed by atoms with E-state index in [1.54, 1.807) is 6.20 Å². The van der Waals surface area contributed by atoms with E-state index in [0.29, 0.717) is 17.4 Å². The third-order valence-electron chi connectivity index (χ3n) is 3.14. The van der Waals surface area contributed by atoms with Crippen LogP contribution >= 0.6 is 11.6 Å². The van der Waals surface area contributed by atoms with E-state index in [4.69, 9.17) is 22.1 Å². The third kappa shape index (κ3) is 3.86. The van der Waals surface area contributed by atoms with Crippen molar-refractivity contribution in [3.8, 4) is 5.75 Å². The molecule has 0 aliphatic rings. The lowest BCUT2D eigenvalue weighted by molar-refractivity contribution is 0.339. The monoisotopic (exact) mass is 305 g/mol. The third-order valence-corrected chi connectivity index (χ3v) is 3.34. The molecule has 1 aromatic heterocycles. The summed E-state index contributed by atoms with van der Waals surface area (Å²) in [6, 6.07) is 9.74. The largest absolute Gasteiger partial charge is 0.494 e. The number of nitrogens with two attached hydrogens (primary N) is 1. The Morgan fingerprint density at radius 1 is 1.33 bits per heavy atom. The average Bonchev–Trinajstić information content (AvgIpc) is 2.48. The van der Waals surface area contributed by atoms with Gasteiger partial charge in [0.1, 0.15) is 11.6 Å². The number of pyridine rings is 1. The number of hydrogen-bond donors (Lipinski definition) is 2. The van der Waals surface area contributed by atoms with Crippen molar-refractivity contribution in [3.05, 3.63) is 52.7 Å². The second kappa shape index (κ2) is 7.29. The zero-order valence-corrected chi connectivity index (χ0v) is 13.0. The quantitative estimate of drug-likeness (QED) is 0.858. The van der Waals surface area contributed by atoms with Gasteiger partial charge in [-0.3, -0.25) is 0 Å². The highest BCUT2D eigenvalue weighted by atomic mass is 35.5. The van der Waals surface area contributed by atoms with Crippen LogP contribution in [0.5, 0.6) is 5.75 Å². The Kier molecular flexibility index (Phi) is 5.42. The van der Waals surface area contributed by atoms with E-state index >= 15 is 0 Å². The fraction of sp³-hybridized carbons (Fsp3) is 0.312. The molecule has 0 bridgehead atoms. The number of nitrogens with one attached hydrogen (secondary N) is 1. The first kappa shape index (κ1) is 15.6. The highest BCUT2D eigenvalue weighted by Crippen LogP contribution is 2.29. The molecule has 0 spiro atoms. The molecule has 2 aromatic rings. The zero-order chi connectivity index (χ0) is 15.2. The van der Waals surface area contributed by atoms with Gasteiger partial charge in [0.2, 0.25) is 0 Å². The second-order valence-corrected chi connectivity index (χ2v) is 5.06. The summed E-state index contributed by atoms with van der Waals surface area (Å²) in [7, 11) is 0. The summed E-state index contributed by atoms with van der Waals surface area (Å²) in [5, 5.41) is 3.99. The van der Waals surface area contributed by atoms with Crippen LogP contribution in [0.3, 0.4) is 0 Å². The lowest BCUT2D eigenvalue weighted by Crippen LogP contribution is -2.23. The average molecular weight is 306 g/mol. The lowest BCUT2D eigenvalue weighted by atomic mass is 9.99. The Bertz CT molecular complexity index is 604. The lowest BCUT2D eigenvalue weighted by Gasteiger charge is -2.21. The molecule has 0 saturated heterocycles. The van der Waals surface area contributed by atoms with Crippen molar-refractivity contribution in [1.29, 1.82) is 0 Å². The van der Waals surface area contributed by atoms with E-state index in [-0.39, 0.29) is 6.04 Å². The van der Waals surface area contributed by atoms with Gasteiger partial charge in [-0.2, -0.15) is 0 Å². The fourth-order valence-electron chi connectivity index (χ4n) is 2.26. The molecule has 4 nitrogen and oxygen atoms in total. The van der Waals surface area contributed by atoms with Gasteiger partial charge >= 0.3 is 0 Å². The summed E-state index contributed by atoms with van der Waals surface area (Å²) in [6.07, 6.45) is 1.56. The molecule has 5 heteroatoms. The number of anilines is 1. The van der Waals surface area contributed by atoms with Gasteiger partial charge in [0.25, 0.3) is 0 Å². The van der Waals surface area contributed by atoms with Crippen molar-refractivity contribution < 1.29 is 4.74 Å². The zero-order valence-electron chi connectivity index (χ0n) is 12.3. The summed E-state index contributed by atoms with van der Waals surface area (Å²) in [6.45, 7) is 5.45. The summed E-state index contributed by atoms with van der Waals surface area (Å²) in [5.41, 5.74) is 7.95. The van der Waals surface area contributed by atoms with E-state index in [1.807, 2.05) is 44.2 Å². The molecule has 0 radical (unpaired) electrons. The van der Waals surface area contributed by atoms with Crippen molar-refractivity contribution in [1.82, 2.24) is 10.3 Å². The molecular formula is C16H20ClN3O. The Hall–Kier alpha value is -1.78. The molecule has 2 rings (SSSR count). The van der Waals surface area contributed by atoms with Crippen LogP contribution < -0.4 is 15.8 Å². The number of benzene rings is 1. The molecule has 21 heavy (non-hydrogen) atoms. The Labute approximate surface area is 130 Å². The first-order chi connectivity index (χ1) is 10.2. The molecule has 112 valence electrons. The Morgan fingerprint density at radius 2 is 2.14 bits per heavy atom. The van der Waals surface area contributed by atoms with Crippen LogP contribution in [0.2, 0.25) is 5.02 Å². The van der Waals surface area contributed by atoms with Crippen LogP contribution in [0.25, 0.3) is 0 Å². The van der Waals surface area contributed by atoms with Gasteiger partial charge in [0.15, 0.2) is 0 Å². The summed E-state index contributed by atoms with van der Waals surface area (Å²) < 4.78 is 5.56. The molecule has 0 fully saturated rings. The minimum Gasteiger partial charge on any atom is -0.494 e. The fourth-order valence-corrected chi connectivity index (χ4v) is 2.43. The van der Waals surface area contributed by atoms with Gasteiger partial charge in [-0.1, -0.05) is 30.7 Å². The number of hydrogen-bond acceptors (Lipinski definition) is 4. The van der Waals surface area contributed by atoms with E-state index in [1.165, 1.54) is 0 Å². The minimum atomic E-state index is -0.0680. The number of rotatable bonds is 6. The predicted molar refractivity (Wildman–Crippen MR) is 86.8 cm³/mol. The summed E-state index contributed by atoms with van der Waals surface area (Å²) >= 11 is 6.06. The standard InChI is InChI=1S/C16H20ClN3O/c1-3-19-15(14-9-12(17)10-20-16(14)18)11-6-5-7-13(8-11)21-4-2/h5-10,15,19H,3-4H2,1-2H3,(H2,18,20). The molecule has 3 N–H and O–H groups in total. The van der Waals surface area contributed by atoms with Gasteiger partial charge in [0.05, 0.1) is 17.7 Å². The molecule has 1 heterocycles. The van der Waals surface area contributed by atoms with Gasteiger partial charge < -0.3 is 15.8 Å². The van der Waals surface area contributed by atoms with Crippen molar-refractivity contribution in [3.63, 3.8) is 0 Å². The van der Waals surface area contributed by atoms with Crippen molar-refractivity contribution in [2.75, 3.05) is 18.9 Å². The maximum Gasteiger partial charge on any atom is 0.128 e. The molecular weight excluding hydrogens is 286 g/mol. The van der Waals surface area contributed by atoms with E-state index in [9.17, 15) is 0 Å². The maximum atomic E-state index is 6.06. The molecule has 0 saturated carbocycles. The highest BCUT2D eigenvalue weighted by Gasteiger charge is 2.17. The number of nitrogen functional groups attached to an aromatic ring is 1. The van der Waals surface area contributed by atoms with Crippen molar-refractivity contribution in [2.24, 2.45) is 0 Å². The van der Waals surface area contributed by atoms with Crippen LogP contribution in [0.1, 0.15) is 31.0 Å². The number of halogens is 1. The first-order valence-corrected chi connectivity index (χ1v) is 7.40. The Morgan fingerprint density at radius 3 is 2.86 bits per heavy atom. The highest BCUT2D eigenvalue weighted by molar-refractivity contribution is 6.30. The molecule has 1 unspecified atom stereocenters. The predicted octanol–water partition coefficient (Wildman–Crippen LogP) is 3.41. The molecule has 1 aromatic carbocycles. The van der Waals surface area contributed by atoms with Crippen LogP contribution in [-0.2, 0) is 0 Å². The van der Waals surface area contributed by atoms with E-state index in [2.05, 4.69) is 10.3 Å². The number of ether oxygens (including phenoxy) is 1. The summed E-state index contributed by atoms with van der Waals surface area (Å²) in [5.74, 6) is 1.32. The SMILES string of the molecule is CCNC(c1cccc(OCC)c1)c1cc(Cl)cnc1N. The smallest absolute Gasteiger partial charge is 0.128 e. The molecule has 0 amide bonds. The maximum absolute atomic E-state index is 6.06. The van der Waals surface area contributed by atoms with Gasteiger partial charge in [0, 0.05) is 11.8 Å². The van der Waals surface area contributed by atoms with Gasteiger partial charge in [-0.15, -0.1) is 0 Å². The first-order valence-electron chi connectivity index (χ1n) is 7.02. The minimum absolute atomic E-state index is 0.0680. The van der Waals surface area contributed by atoms with Crippen LogP contribution in [0, 0.1) is 0 Å². The molecule has 0 aliphatic heterocycles. The van der Waals surface area contributed by atoms with E-state index < -0.39 is 0 Å². The van der Waals surface area contributed by atoms with Crippen LogP contribution in [0.4, 0.5) is 5.82 Å². The number of aromatic nitrogens is 1. The topological polar surface area (TPSA) is 60.2 Å². The summed E-state index contributed by atoms with van der Waals surface area (Å²) in [4.78, 5) is 4.14. The van der Waals surface area contributed by atoms with Gasteiger partial charge in [-0.25, -0.2) is 4.98 Å². The van der Waals surface area contributed by atoms with Gasteiger partial charge in [-0.05, 0) is 37.2 Å². The van der Waals surface area contributed by atoms with Crippen molar-refractivity contribution >= 4 is 17.4 Å². The van der Waals surface area contributed by atoms with E-state index in [0.717, 1.165) is 23.4 Å². The van der Waals surface area contributed by atoms with Crippen molar-refractivity contribution in [2.45, 2.75) is 19.9 Å². The van der Waals surface area contributed by atoms with Crippen LogP contribution in [-0.4, -0.2) is 18.1 Å². The van der Waals surface area contributed by atoms with Crippen LogP contribution in [0.15, 0.2) is 36.5 Å². The second-order valence-electron chi connectivity index (χ2n) is 4.62. The normalized spacial score (nSPS) is 12.1.